The van der Waals surface area contributed by atoms with Crippen LogP contribution in [0.15, 0.2) is 42.5 Å². The van der Waals surface area contributed by atoms with Gasteiger partial charge in [-0.3, -0.25) is 19.3 Å². The van der Waals surface area contributed by atoms with Crippen LogP contribution in [0.5, 0.6) is 5.75 Å². The first-order valence-corrected chi connectivity index (χ1v) is 10.1. The Labute approximate surface area is 173 Å². The summed E-state index contributed by atoms with van der Waals surface area (Å²) < 4.78 is 0. The smallest absolute Gasteiger partial charge is 0.261 e. The van der Waals surface area contributed by atoms with E-state index < -0.39 is 0 Å². The van der Waals surface area contributed by atoms with Crippen molar-refractivity contribution in [3.8, 4) is 5.75 Å². The van der Waals surface area contributed by atoms with Gasteiger partial charge in [-0.15, -0.1) is 0 Å². The van der Waals surface area contributed by atoms with Crippen LogP contribution in [0.3, 0.4) is 0 Å². The number of rotatable bonds is 4. The van der Waals surface area contributed by atoms with Crippen molar-refractivity contribution in [3.63, 3.8) is 0 Å². The number of carbonyl (C=O) groups excluding carboxylic acids is 3. The van der Waals surface area contributed by atoms with Gasteiger partial charge in [-0.1, -0.05) is 36.6 Å². The lowest BCUT2D eigenvalue weighted by Gasteiger charge is -2.32. The molecule has 1 fully saturated rings. The highest BCUT2D eigenvalue weighted by Gasteiger charge is 2.40. The van der Waals surface area contributed by atoms with E-state index in [1.54, 1.807) is 24.3 Å². The highest BCUT2D eigenvalue weighted by Crippen LogP contribution is 2.35. The van der Waals surface area contributed by atoms with Gasteiger partial charge in [0.2, 0.25) is 5.91 Å². The van der Waals surface area contributed by atoms with Crippen molar-refractivity contribution >= 4 is 35.0 Å². The van der Waals surface area contributed by atoms with E-state index in [9.17, 15) is 19.5 Å². The molecular weight excluding hydrogens is 392 g/mol. The van der Waals surface area contributed by atoms with E-state index in [0.29, 0.717) is 22.6 Å². The predicted octanol–water partition coefficient (Wildman–Crippen LogP) is 4.09. The van der Waals surface area contributed by atoms with E-state index in [-0.39, 0.29) is 47.5 Å². The molecule has 1 aliphatic heterocycles. The molecule has 4 rings (SSSR count). The first-order valence-electron chi connectivity index (χ1n) is 9.70. The average molecular weight is 413 g/mol. The number of aromatic hydroxyl groups is 1. The number of nitrogens with one attached hydrogen (secondary N) is 1. The second-order valence-electron chi connectivity index (χ2n) is 7.57. The lowest BCUT2D eigenvalue weighted by atomic mass is 9.78. The van der Waals surface area contributed by atoms with Crippen LogP contribution in [0, 0.1) is 11.8 Å². The molecule has 6 nitrogen and oxygen atoms in total. The van der Waals surface area contributed by atoms with Crippen LogP contribution in [0.1, 0.15) is 46.4 Å². The van der Waals surface area contributed by atoms with E-state index in [2.05, 4.69) is 5.32 Å². The lowest BCUT2D eigenvalue weighted by Crippen LogP contribution is -2.41. The van der Waals surface area contributed by atoms with Gasteiger partial charge in [0.05, 0.1) is 16.8 Å². The molecule has 2 aromatic rings. The Morgan fingerprint density at radius 3 is 2.41 bits per heavy atom. The van der Waals surface area contributed by atoms with Crippen molar-refractivity contribution in [2.75, 3.05) is 11.9 Å². The largest absolute Gasteiger partial charge is 0.506 e. The second kappa shape index (κ2) is 7.87. The molecule has 2 atom stereocenters. The molecule has 0 spiro atoms. The number of phenolic OH excluding ortho intramolecular Hbond substituents is 1. The molecule has 0 aromatic heterocycles. The number of benzene rings is 2. The molecule has 2 aliphatic rings. The second-order valence-corrected chi connectivity index (χ2v) is 8.00. The number of fused-ring (bicyclic) bond motifs is 1. The van der Waals surface area contributed by atoms with Crippen molar-refractivity contribution in [3.05, 3.63) is 58.6 Å². The Balaban J connectivity index is 1.51. The Morgan fingerprint density at radius 1 is 1.07 bits per heavy atom. The molecule has 0 saturated heterocycles. The highest BCUT2D eigenvalue weighted by molar-refractivity contribution is 6.31. The summed E-state index contributed by atoms with van der Waals surface area (Å²) in [6.45, 7) is 0.214. The molecule has 3 amide bonds. The molecular formula is C22H21ClN2O4. The molecule has 0 radical (unpaired) electrons. The fraction of sp³-hybridized carbons (Fsp3) is 0.318. The van der Waals surface area contributed by atoms with Gasteiger partial charge in [-0.2, -0.15) is 0 Å². The van der Waals surface area contributed by atoms with Crippen LogP contribution in [-0.4, -0.2) is 34.3 Å². The third-order valence-electron chi connectivity index (χ3n) is 5.76. The van der Waals surface area contributed by atoms with Crippen molar-refractivity contribution in [2.24, 2.45) is 11.8 Å². The number of halogens is 1. The molecule has 2 aromatic carbocycles. The van der Waals surface area contributed by atoms with E-state index in [1.165, 1.54) is 23.1 Å². The third kappa shape index (κ3) is 3.72. The maximum Gasteiger partial charge on any atom is 0.261 e. The summed E-state index contributed by atoms with van der Waals surface area (Å²) in [5.41, 5.74) is 1.09. The minimum atomic E-state index is -0.355. The molecule has 2 unspecified atom stereocenters. The SMILES string of the molecule is O=C(Nc1cc(Cl)ccc1O)C1CCCCC1CN1C(=O)c2ccccc2C1=O. The fourth-order valence-electron chi connectivity index (χ4n) is 4.24. The number of hydrogen-bond acceptors (Lipinski definition) is 4. The Kier molecular flexibility index (Phi) is 5.28. The van der Waals surface area contributed by atoms with Crippen LogP contribution in [0.4, 0.5) is 5.69 Å². The van der Waals surface area contributed by atoms with Crippen molar-refractivity contribution in [1.82, 2.24) is 4.90 Å². The summed E-state index contributed by atoms with van der Waals surface area (Å²) in [5.74, 6) is -1.39. The number of hydrogen-bond donors (Lipinski definition) is 2. The minimum Gasteiger partial charge on any atom is -0.506 e. The molecule has 150 valence electrons. The molecule has 2 N–H and O–H groups in total. The average Bonchev–Trinajstić information content (AvgIpc) is 2.96. The van der Waals surface area contributed by atoms with Gasteiger partial charge in [-0.25, -0.2) is 0 Å². The van der Waals surface area contributed by atoms with Crippen molar-refractivity contribution in [2.45, 2.75) is 25.7 Å². The third-order valence-corrected chi connectivity index (χ3v) is 5.99. The van der Waals surface area contributed by atoms with E-state index in [1.807, 2.05) is 0 Å². The summed E-state index contributed by atoms with van der Waals surface area (Å²) in [5, 5.41) is 13.1. The summed E-state index contributed by atoms with van der Waals surface area (Å²) >= 11 is 5.96. The number of nitrogens with zero attached hydrogens (tertiary/aromatic N) is 1. The summed E-state index contributed by atoms with van der Waals surface area (Å²) in [6, 6.07) is 11.2. The number of carbonyl (C=O) groups is 3. The van der Waals surface area contributed by atoms with E-state index in [4.69, 9.17) is 11.6 Å². The molecule has 1 aliphatic carbocycles. The van der Waals surface area contributed by atoms with Gasteiger partial charge in [0.15, 0.2) is 0 Å². The number of anilines is 1. The van der Waals surface area contributed by atoms with Gasteiger partial charge >= 0.3 is 0 Å². The molecule has 1 heterocycles. The first kappa shape index (κ1) is 19.5. The maximum absolute atomic E-state index is 12.9. The normalized spacial score (nSPS) is 21.2. The van der Waals surface area contributed by atoms with Crippen LogP contribution < -0.4 is 5.32 Å². The number of phenols is 1. The van der Waals surface area contributed by atoms with Gasteiger partial charge in [0, 0.05) is 17.5 Å². The fourth-order valence-corrected chi connectivity index (χ4v) is 4.42. The van der Waals surface area contributed by atoms with Crippen LogP contribution in [0.25, 0.3) is 0 Å². The standard InChI is InChI=1S/C22H21ClN2O4/c23-14-9-10-19(26)18(11-14)24-20(27)15-6-2-1-5-13(15)12-25-21(28)16-7-3-4-8-17(16)22(25)29/h3-4,7-11,13,15,26H,1-2,5-6,12H2,(H,24,27). The van der Waals surface area contributed by atoms with E-state index in [0.717, 1.165) is 19.3 Å². The Hall–Kier alpha value is -2.86. The zero-order chi connectivity index (χ0) is 20.5. The predicted molar refractivity (Wildman–Crippen MR) is 109 cm³/mol. The van der Waals surface area contributed by atoms with Crippen molar-refractivity contribution < 1.29 is 19.5 Å². The molecule has 0 bridgehead atoms. The van der Waals surface area contributed by atoms with E-state index >= 15 is 0 Å². The van der Waals surface area contributed by atoms with Crippen molar-refractivity contribution in [1.29, 1.82) is 0 Å². The van der Waals surface area contributed by atoms with Gasteiger partial charge in [0.25, 0.3) is 11.8 Å². The first-order chi connectivity index (χ1) is 14.0. The lowest BCUT2D eigenvalue weighted by molar-refractivity contribution is -0.122. The van der Waals surface area contributed by atoms with Crippen LogP contribution in [-0.2, 0) is 4.79 Å². The molecule has 1 saturated carbocycles. The number of imide groups is 1. The number of amides is 3. The maximum atomic E-state index is 12.9. The Bertz CT molecular complexity index is 956. The quantitative estimate of drug-likeness (QED) is 0.585. The highest BCUT2D eigenvalue weighted by atomic mass is 35.5. The molecule has 7 heteroatoms. The van der Waals surface area contributed by atoms with Crippen LogP contribution in [0.2, 0.25) is 5.02 Å². The topological polar surface area (TPSA) is 86.7 Å². The van der Waals surface area contributed by atoms with Crippen LogP contribution >= 0.6 is 11.6 Å². The van der Waals surface area contributed by atoms with Gasteiger partial charge < -0.3 is 10.4 Å². The minimum absolute atomic E-state index is 0.0598. The summed E-state index contributed by atoms with van der Waals surface area (Å²) in [4.78, 5) is 39.6. The zero-order valence-corrected chi connectivity index (χ0v) is 16.5. The zero-order valence-electron chi connectivity index (χ0n) is 15.7. The van der Waals surface area contributed by atoms with Gasteiger partial charge in [0.1, 0.15) is 5.75 Å². The Morgan fingerprint density at radius 2 is 1.72 bits per heavy atom. The monoisotopic (exact) mass is 412 g/mol. The summed E-state index contributed by atoms with van der Waals surface area (Å²) in [6.07, 6.45) is 3.27. The molecule has 29 heavy (non-hydrogen) atoms. The van der Waals surface area contributed by atoms with Gasteiger partial charge in [-0.05, 0) is 49.1 Å². The summed E-state index contributed by atoms with van der Waals surface area (Å²) in [7, 11) is 0.